The molecule has 92 valence electrons. The van der Waals surface area contributed by atoms with E-state index in [0.717, 1.165) is 0 Å². The summed E-state index contributed by atoms with van der Waals surface area (Å²) in [7, 11) is 1.46. The second-order valence-electron chi connectivity index (χ2n) is 3.63. The van der Waals surface area contributed by atoms with Crippen molar-refractivity contribution in [2.24, 2.45) is 0 Å². The second kappa shape index (κ2) is 4.79. The molecule has 0 atom stereocenters. The first-order valence-electron chi connectivity index (χ1n) is 5.23. The predicted molar refractivity (Wildman–Crippen MR) is 65.4 cm³/mol. The fraction of sp³-hybridized carbons (Fsp3) is 0.167. The molecule has 0 aliphatic carbocycles. The standard InChI is InChI=1S/C12H11N3O3/c1-8-12(15(16)17)11(10(18-2)7-14-8)9-3-5-13-6-4-9/h3-7H,1-2H3. The minimum absolute atomic E-state index is 0.0412. The van der Waals surface area contributed by atoms with E-state index in [1.807, 2.05) is 0 Å². The van der Waals surface area contributed by atoms with Crippen molar-refractivity contribution < 1.29 is 9.66 Å². The van der Waals surface area contributed by atoms with Gasteiger partial charge in [0.2, 0.25) is 0 Å². The molecule has 0 fully saturated rings. The van der Waals surface area contributed by atoms with Gasteiger partial charge in [0, 0.05) is 12.4 Å². The lowest BCUT2D eigenvalue weighted by molar-refractivity contribution is -0.385. The van der Waals surface area contributed by atoms with E-state index in [-0.39, 0.29) is 5.69 Å². The molecule has 2 heterocycles. The Kier molecular flexibility index (Phi) is 3.18. The zero-order chi connectivity index (χ0) is 13.1. The minimum atomic E-state index is -0.444. The maximum absolute atomic E-state index is 11.2. The van der Waals surface area contributed by atoms with E-state index in [2.05, 4.69) is 9.97 Å². The van der Waals surface area contributed by atoms with Gasteiger partial charge < -0.3 is 4.74 Å². The Hall–Kier alpha value is -2.50. The van der Waals surface area contributed by atoms with Gasteiger partial charge in [0.05, 0.1) is 18.2 Å². The third kappa shape index (κ3) is 2.00. The largest absolute Gasteiger partial charge is 0.494 e. The van der Waals surface area contributed by atoms with E-state index in [1.54, 1.807) is 31.5 Å². The van der Waals surface area contributed by atoms with Crippen molar-refractivity contribution in [3.8, 4) is 16.9 Å². The quantitative estimate of drug-likeness (QED) is 0.612. The Balaban J connectivity index is 2.78. The van der Waals surface area contributed by atoms with Crippen molar-refractivity contribution in [3.05, 3.63) is 46.5 Å². The molecule has 0 spiro atoms. The van der Waals surface area contributed by atoms with Gasteiger partial charge in [-0.1, -0.05) is 0 Å². The maximum Gasteiger partial charge on any atom is 0.301 e. The van der Waals surface area contributed by atoms with Crippen LogP contribution in [0.5, 0.6) is 5.75 Å². The molecule has 2 rings (SSSR count). The van der Waals surface area contributed by atoms with Gasteiger partial charge >= 0.3 is 5.69 Å². The van der Waals surface area contributed by atoms with Crippen LogP contribution in [0, 0.1) is 17.0 Å². The molecule has 6 heteroatoms. The van der Waals surface area contributed by atoms with Gasteiger partial charge in [0.1, 0.15) is 11.3 Å². The molecule has 0 aliphatic heterocycles. The van der Waals surface area contributed by atoms with Crippen LogP contribution in [0.2, 0.25) is 0 Å². The van der Waals surface area contributed by atoms with Gasteiger partial charge in [-0.05, 0) is 24.6 Å². The highest BCUT2D eigenvalue weighted by Crippen LogP contribution is 2.38. The summed E-state index contributed by atoms with van der Waals surface area (Å²) in [6.07, 6.45) is 4.64. The number of pyridine rings is 2. The van der Waals surface area contributed by atoms with E-state index in [4.69, 9.17) is 4.74 Å². The van der Waals surface area contributed by atoms with Crippen molar-refractivity contribution in [1.82, 2.24) is 9.97 Å². The van der Waals surface area contributed by atoms with Crippen molar-refractivity contribution >= 4 is 5.69 Å². The summed E-state index contributed by atoms with van der Waals surface area (Å²) in [5.74, 6) is 0.374. The SMILES string of the molecule is COc1cnc(C)c([N+](=O)[O-])c1-c1ccncc1. The molecule has 0 N–H and O–H groups in total. The van der Waals surface area contributed by atoms with Crippen LogP contribution in [-0.4, -0.2) is 22.0 Å². The molecule has 0 saturated heterocycles. The summed E-state index contributed by atoms with van der Waals surface area (Å²) >= 11 is 0. The van der Waals surface area contributed by atoms with E-state index < -0.39 is 4.92 Å². The number of aromatic nitrogens is 2. The van der Waals surface area contributed by atoms with Gasteiger partial charge in [-0.3, -0.25) is 20.1 Å². The normalized spacial score (nSPS) is 10.1. The first-order valence-corrected chi connectivity index (χ1v) is 5.23. The van der Waals surface area contributed by atoms with Crippen LogP contribution < -0.4 is 4.74 Å². The maximum atomic E-state index is 11.2. The van der Waals surface area contributed by atoms with Crippen LogP contribution in [0.25, 0.3) is 11.1 Å². The van der Waals surface area contributed by atoms with Crippen LogP contribution in [-0.2, 0) is 0 Å². The molecule has 0 unspecified atom stereocenters. The summed E-state index contributed by atoms with van der Waals surface area (Å²) in [4.78, 5) is 18.6. The van der Waals surface area contributed by atoms with Gasteiger partial charge in [0.25, 0.3) is 0 Å². The molecule has 0 radical (unpaired) electrons. The monoisotopic (exact) mass is 245 g/mol. The van der Waals surface area contributed by atoms with Crippen LogP contribution >= 0.6 is 0 Å². The molecule has 2 aromatic heterocycles. The highest BCUT2D eigenvalue weighted by molar-refractivity contribution is 5.79. The molecule has 0 bridgehead atoms. The average molecular weight is 245 g/mol. The Bertz CT molecular complexity index is 585. The van der Waals surface area contributed by atoms with Crippen molar-refractivity contribution in [3.63, 3.8) is 0 Å². The van der Waals surface area contributed by atoms with Gasteiger partial charge in [-0.15, -0.1) is 0 Å². The number of nitro groups is 1. The first-order chi connectivity index (χ1) is 8.65. The van der Waals surface area contributed by atoms with Gasteiger partial charge in [-0.2, -0.15) is 0 Å². The van der Waals surface area contributed by atoms with Crippen molar-refractivity contribution in [1.29, 1.82) is 0 Å². The highest BCUT2D eigenvalue weighted by atomic mass is 16.6. The minimum Gasteiger partial charge on any atom is -0.494 e. The number of nitrogens with zero attached hydrogens (tertiary/aromatic N) is 3. The topological polar surface area (TPSA) is 78.2 Å². The van der Waals surface area contributed by atoms with Crippen LogP contribution in [0.1, 0.15) is 5.69 Å². The van der Waals surface area contributed by atoms with E-state index in [0.29, 0.717) is 22.6 Å². The molecular formula is C12H11N3O3. The number of ether oxygens (including phenoxy) is 1. The van der Waals surface area contributed by atoms with Crippen LogP contribution in [0.15, 0.2) is 30.7 Å². The molecule has 2 aromatic rings. The zero-order valence-electron chi connectivity index (χ0n) is 9.95. The van der Waals surface area contributed by atoms with Gasteiger partial charge in [0.15, 0.2) is 5.75 Å². The van der Waals surface area contributed by atoms with Gasteiger partial charge in [-0.25, -0.2) is 0 Å². The van der Waals surface area contributed by atoms with Crippen LogP contribution in [0.3, 0.4) is 0 Å². The number of aryl methyl sites for hydroxylation is 1. The van der Waals surface area contributed by atoms with E-state index in [9.17, 15) is 10.1 Å². The summed E-state index contributed by atoms with van der Waals surface area (Å²) in [6, 6.07) is 3.40. The molecule has 0 saturated carbocycles. The lowest BCUT2D eigenvalue weighted by Crippen LogP contribution is -2.00. The Morgan fingerprint density at radius 2 is 2.00 bits per heavy atom. The molecule has 0 amide bonds. The van der Waals surface area contributed by atoms with E-state index in [1.165, 1.54) is 13.3 Å². The molecule has 6 nitrogen and oxygen atoms in total. The Labute approximate surface area is 103 Å². The number of rotatable bonds is 3. The second-order valence-corrected chi connectivity index (χ2v) is 3.63. The number of hydrogen-bond donors (Lipinski definition) is 0. The Morgan fingerprint density at radius 1 is 1.33 bits per heavy atom. The predicted octanol–water partition coefficient (Wildman–Crippen LogP) is 2.37. The third-order valence-electron chi connectivity index (χ3n) is 2.57. The highest BCUT2D eigenvalue weighted by Gasteiger charge is 2.24. The average Bonchev–Trinajstić information content (AvgIpc) is 2.39. The van der Waals surface area contributed by atoms with Crippen molar-refractivity contribution in [2.75, 3.05) is 7.11 Å². The number of hydrogen-bond acceptors (Lipinski definition) is 5. The fourth-order valence-corrected chi connectivity index (χ4v) is 1.75. The summed E-state index contributed by atoms with van der Waals surface area (Å²) in [5, 5.41) is 11.2. The van der Waals surface area contributed by atoms with E-state index >= 15 is 0 Å². The third-order valence-corrected chi connectivity index (χ3v) is 2.57. The zero-order valence-corrected chi connectivity index (χ0v) is 9.95. The Morgan fingerprint density at radius 3 is 2.56 bits per heavy atom. The summed E-state index contributed by atoms with van der Waals surface area (Å²) < 4.78 is 5.16. The summed E-state index contributed by atoms with van der Waals surface area (Å²) in [6.45, 7) is 1.60. The fourth-order valence-electron chi connectivity index (χ4n) is 1.75. The molecule has 0 aliphatic rings. The molecule has 18 heavy (non-hydrogen) atoms. The molecular weight excluding hydrogens is 234 g/mol. The smallest absolute Gasteiger partial charge is 0.301 e. The lowest BCUT2D eigenvalue weighted by atomic mass is 10.0. The number of methoxy groups -OCH3 is 1. The van der Waals surface area contributed by atoms with Crippen LogP contribution in [0.4, 0.5) is 5.69 Å². The summed E-state index contributed by atoms with van der Waals surface area (Å²) in [5.41, 5.74) is 1.42. The first kappa shape index (κ1) is 12.0. The molecule has 0 aromatic carbocycles. The lowest BCUT2D eigenvalue weighted by Gasteiger charge is -2.09. The van der Waals surface area contributed by atoms with Crippen molar-refractivity contribution in [2.45, 2.75) is 6.92 Å².